The van der Waals surface area contributed by atoms with Gasteiger partial charge in [-0.25, -0.2) is 5.84 Å². The summed E-state index contributed by atoms with van der Waals surface area (Å²) in [4.78, 5) is 0. The highest BCUT2D eigenvalue weighted by atomic mass is 19.4. The van der Waals surface area contributed by atoms with Gasteiger partial charge in [-0.05, 0) is 31.5 Å². The van der Waals surface area contributed by atoms with Gasteiger partial charge >= 0.3 is 6.18 Å². The number of halogens is 3. The Morgan fingerprint density at radius 3 is 1.81 bits per heavy atom. The van der Waals surface area contributed by atoms with E-state index in [2.05, 4.69) is 5.32 Å². The van der Waals surface area contributed by atoms with Crippen LogP contribution in [0, 0.1) is 0 Å². The van der Waals surface area contributed by atoms with Crippen molar-refractivity contribution in [2.75, 3.05) is 20.1 Å². The van der Waals surface area contributed by atoms with E-state index in [1.54, 1.807) is 13.2 Å². The Hall–Kier alpha value is -1.51. The summed E-state index contributed by atoms with van der Waals surface area (Å²) in [5.74, 6) is 5.07. The fourth-order valence-corrected chi connectivity index (χ4v) is 2.86. The van der Waals surface area contributed by atoms with Gasteiger partial charge in [0.25, 0.3) is 0 Å². The van der Waals surface area contributed by atoms with Crippen LogP contribution in [0.3, 0.4) is 0 Å². The van der Waals surface area contributed by atoms with Crippen molar-refractivity contribution in [3.63, 3.8) is 0 Å². The van der Waals surface area contributed by atoms with Gasteiger partial charge in [0.05, 0.1) is 5.60 Å². The van der Waals surface area contributed by atoms with Crippen molar-refractivity contribution in [2.45, 2.75) is 24.6 Å². The third kappa shape index (κ3) is 5.49. The maximum atomic E-state index is 13.0. The summed E-state index contributed by atoms with van der Waals surface area (Å²) in [5, 5.41) is 15.1. The van der Waals surface area contributed by atoms with E-state index >= 15 is 0 Å². The van der Waals surface area contributed by atoms with Crippen LogP contribution in [0.25, 0.3) is 0 Å². The molecule has 6 N–H and O–H groups in total. The molecule has 1 fully saturated rings. The fraction of sp³-hybridized carbons (Fsp3) is 0.467. The average Bonchev–Trinajstić information content (AvgIpc) is 2.53. The first-order valence-corrected chi connectivity index (χ1v) is 7.99. The van der Waals surface area contributed by atoms with E-state index in [-0.39, 0.29) is 29.3 Å². The Balaban J connectivity index is 0.000000527. The van der Waals surface area contributed by atoms with Crippen LogP contribution in [0.5, 0.6) is 0 Å². The molecule has 1 aliphatic heterocycles. The molecule has 0 spiro atoms. The lowest BCUT2D eigenvalue weighted by molar-refractivity contribution is -0.135. The fourth-order valence-electron chi connectivity index (χ4n) is 2.86. The zero-order chi connectivity index (χ0) is 21.0. The SMILES string of the molecule is CN(N)/C=C\N.[B]c1c([B])c(C2(O)CCNCC2)c([B])c([B])c1C(F)(F)F. The molecule has 138 valence electrons. The molecule has 1 saturated heterocycles. The minimum absolute atomic E-state index is 0.00741. The third-order valence-electron chi connectivity index (χ3n) is 4.16. The number of aliphatic hydroxyl groups is 1. The van der Waals surface area contributed by atoms with Gasteiger partial charge < -0.3 is 21.2 Å². The lowest BCUT2D eigenvalue weighted by Crippen LogP contribution is -2.55. The molecule has 0 atom stereocenters. The van der Waals surface area contributed by atoms with Crippen LogP contribution >= 0.6 is 0 Å². The first-order chi connectivity index (χ1) is 12.4. The van der Waals surface area contributed by atoms with Gasteiger partial charge in [0, 0.05) is 25.0 Å². The van der Waals surface area contributed by atoms with E-state index in [4.69, 9.17) is 43.0 Å². The second kappa shape index (κ2) is 9.12. The highest BCUT2D eigenvalue weighted by molar-refractivity contribution is 6.58. The minimum Gasteiger partial charge on any atom is -0.403 e. The van der Waals surface area contributed by atoms with Gasteiger partial charge in [0.1, 0.15) is 31.4 Å². The maximum absolute atomic E-state index is 13.0. The molecule has 0 saturated carbocycles. The summed E-state index contributed by atoms with van der Waals surface area (Å²) in [5.41, 5.74) is 0.109. The Morgan fingerprint density at radius 1 is 1.07 bits per heavy atom. The van der Waals surface area contributed by atoms with Crippen LogP contribution in [0.2, 0.25) is 0 Å². The molecule has 1 aromatic carbocycles. The van der Waals surface area contributed by atoms with Gasteiger partial charge in [-0.2, -0.15) is 13.2 Å². The summed E-state index contributed by atoms with van der Waals surface area (Å²) in [6.07, 6.45) is -1.33. The Bertz CT molecular complexity index is 664. The summed E-state index contributed by atoms with van der Waals surface area (Å²) in [6, 6.07) is 0. The van der Waals surface area contributed by atoms with Crippen LogP contribution in [0.15, 0.2) is 12.4 Å². The Labute approximate surface area is 162 Å². The number of nitrogens with zero attached hydrogens (tertiary/aromatic N) is 1. The number of alkyl halides is 3. The predicted molar refractivity (Wildman–Crippen MR) is 104 cm³/mol. The van der Waals surface area contributed by atoms with Crippen molar-refractivity contribution in [1.82, 2.24) is 10.3 Å². The summed E-state index contributed by atoms with van der Waals surface area (Å²) >= 11 is 0. The van der Waals surface area contributed by atoms with Gasteiger partial charge in [-0.15, -0.1) is 0 Å². The van der Waals surface area contributed by atoms with E-state index in [0.29, 0.717) is 13.1 Å². The van der Waals surface area contributed by atoms with E-state index in [1.165, 1.54) is 11.2 Å². The molecule has 5 nitrogen and oxygen atoms in total. The maximum Gasteiger partial charge on any atom is 0.415 e. The predicted octanol–water partition coefficient (Wildman–Crippen LogP) is -3.33. The highest BCUT2D eigenvalue weighted by Gasteiger charge is 2.39. The smallest absolute Gasteiger partial charge is 0.403 e. The number of hydrogen-bond donors (Lipinski definition) is 4. The first kappa shape index (κ1) is 23.5. The van der Waals surface area contributed by atoms with Crippen LogP contribution in [-0.4, -0.2) is 61.6 Å². The largest absolute Gasteiger partial charge is 0.415 e. The zero-order valence-corrected chi connectivity index (χ0v) is 15.0. The van der Waals surface area contributed by atoms with E-state index < -0.39 is 28.3 Å². The number of nitrogens with two attached hydrogens (primary N) is 2. The number of rotatable bonds is 2. The van der Waals surface area contributed by atoms with Crippen LogP contribution in [0.4, 0.5) is 13.2 Å². The third-order valence-corrected chi connectivity index (χ3v) is 4.16. The zero-order valence-electron chi connectivity index (χ0n) is 15.0. The second-order valence-corrected chi connectivity index (χ2v) is 6.19. The molecular weight excluding hydrogens is 352 g/mol. The highest BCUT2D eigenvalue weighted by Crippen LogP contribution is 2.30. The normalized spacial score (nSPS) is 16.7. The van der Waals surface area contributed by atoms with Crippen molar-refractivity contribution >= 4 is 53.2 Å². The minimum atomic E-state index is -4.77. The monoisotopic (exact) mass is 372 g/mol. The van der Waals surface area contributed by atoms with Crippen molar-refractivity contribution < 1.29 is 18.3 Å². The summed E-state index contributed by atoms with van der Waals surface area (Å²) in [7, 11) is 24.1. The molecule has 0 aliphatic carbocycles. The molecule has 1 aliphatic rings. The van der Waals surface area contributed by atoms with Crippen LogP contribution < -0.4 is 38.7 Å². The number of piperidine rings is 1. The number of nitrogens with one attached hydrogen (secondary N) is 1. The molecule has 0 aromatic heterocycles. The summed E-state index contributed by atoms with van der Waals surface area (Å²) in [6.45, 7) is 0.965. The lowest BCUT2D eigenvalue weighted by Gasteiger charge is -2.38. The van der Waals surface area contributed by atoms with Gasteiger partial charge in [0.15, 0.2) is 0 Å². The Kier molecular flexibility index (Phi) is 7.95. The molecule has 1 heterocycles. The first-order valence-electron chi connectivity index (χ1n) is 7.99. The van der Waals surface area contributed by atoms with E-state index in [0.717, 1.165) is 0 Å². The number of benzene rings is 1. The second-order valence-electron chi connectivity index (χ2n) is 6.19. The van der Waals surface area contributed by atoms with Gasteiger partial charge in [-0.3, -0.25) is 0 Å². The van der Waals surface area contributed by atoms with Crippen molar-refractivity contribution in [2.24, 2.45) is 11.6 Å². The molecular formula is C15H19B4F3N4O. The number of hydrogen-bond acceptors (Lipinski definition) is 5. The lowest BCUT2D eigenvalue weighted by atomic mass is 9.60. The van der Waals surface area contributed by atoms with Crippen LogP contribution in [-0.2, 0) is 11.8 Å². The molecule has 0 unspecified atom stereocenters. The molecule has 2 rings (SSSR count). The van der Waals surface area contributed by atoms with E-state index in [9.17, 15) is 18.3 Å². The molecule has 1 aromatic rings. The topological polar surface area (TPSA) is 87.5 Å². The van der Waals surface area contributed by atoms with Gasteiger partial charge in [-0.1, -0.05) is 21.9 Å². The van der Waals surface area contributed by atoms with Crippen molar-refractivity contribution in [3.8, 4) is 0 Å². The quantitative estimate of drug-likeness (QED) is 0.248. The van der Waals surface area contributed by atoms with E-state index in [1.807, 2.05) is 0 Å². The Morgan fingerprint density at radius 2 is 1.52 bits per heavy atom. The molecule has 0 bridgehead atoms. The van der Waals surface area contributed by atoms with Crippen molar-refractivity contribution in [1.29, 1.82) is 0 Å². The van der Waals surface area contributed by atoms with Crippen molar-refractivity contribution in [3.05, 3.63) is 23.5 Å². The average molecular weight is 372 g/mol. The standard InChI is InChI=1S/C12H10B4F3NO.C3H9N3/c13-7-5(11(21)1-3-20-4-2-11)8(14)10(16)6(9(7)15)12(17,18)19;1-6(5)3-2-4/h20-21H,1-4H2;2-3H,4-5H2,1H3/b;3-2-. The van der Waals surface area contributed by atoms with Gasteiger partial charge in [0.2, 0.25) is 0 Å². The molecule has 12 heteroatoms. The van der Waals surface area contributed by atoms with Crippen LogP contribution in [0.1, 0.15) is 24.0 Å². The molecule has 0 amide bonds. The summed E-state index contributed by atoms with van der Waals surface area (Å²) < 4.78 is 39.0. The number of hydrazine groups is 1. The molecule has 8 radical (unpaired) electrons. The molecule has 27 heavy (non-hydrogen) atoms.